The van der Waals surface area contributed by atoms with Gasteiger partial charge >= 0.3 is 0 Å². The number of aliphatic hydroxyl groups is 1. The first-order valence-electron chi connectivity index (χ1n) is 21.1. The number of hydrogen-bond acceptors (Lipinski definition) is 7. The van der Waals surface area contributed by atoms with E-state index in [0.717, 1.165) is 79.4 Å². The Morgan fingerprint density at radius 2 is 1.45 bits per heavy atom. The van der Waals surface area contributed by atoms with E-state index in [4.69, 9.17) is 28.4 Å². The Morgan fingerprint density at radius 3 is 2.05 bits per heavy atom. The predicted molar refractivity (Wildman–Crippen MR) is 223 cm³/mol. The maximum absolute atomic E-state index is 10.4. The van der Waals surface area contributed by atoms with E-state index in [0.29, 0.717) is 24.9 Å². The number of benzene rings is 3. The second-order valence-corrected chi connectivity index (χ2v) is 16.5. The standard InChI is InChI=1S/C49H66O7/c1-8-33(2)28-47-48(52-7)43(32-50)46(56-47)31-45-36(5)34(3)29-42(55-45)25-26-44-35(4)30-41(54-44)20-15-27-53-49(37-16-11-9-12-17-37,38-18-13-10-14-19-38)39-21-23-40(51-6)24-22-39/h9-14,16-19,21-24,33-34,41-48,50H,4-5,8,15,20,25-32H2,1-3,6-7H3/t33-,34-,41+,42+,43+,44?,45?,46+,47-,48-/m1/s1. The molecule has 3 fully saturated rings. The largest absolute Gasteiger partial charge is 0.497 e. The molecule has 3 saturated heterocycles. The molecule has 3 aromatic rings. The van der Waals surface area contributed by atoms with Crippen molar-refractivity contribution in [3.8, 4) is 5.75 Å². The minimum Gasteiger partial charge on any atom is -0.497 e. The average molecular weight is 767 g/mol. The highest BCUT2D eigenvalue weighted by molar-refractivity contribution is 5.48. The van der Waals surface area contributed by atoms with Crippen LogP contribution in [0, 0.1) is 17.8 Å². The number of ether oxygens (including phenoxy) is 6. The Labute approximate surface area is 336 Å². The number of aliphatic hydroxyl groups excluding tert-OH is 1. The molecule has 3 heterocycles. The van der Waals surface area contributed by atoms with Gasteiger partial charge in [0.05, 0.1) is 56.4 Å². The van der Waals surface area contributed by atoms with Crippen LogP contribution in [0.15, 0.2) is 109 Å². The van der Waals surface area contributed by atoms with Crippen molar-refractivity contribution >= 4 is 0 Å². The van der Waals surface area contributed by atoms with E-state index in [1.54, 1.807) is 14.2 Å². The van der Waals surface area contributed by atoms with Crippen molar-refractivity contribution < 1.29 is 33.5 Å². The number of rotatable bonds is 19. The molecule has 0 bridgehead atoms. The summed E-state index contributed by atoms with van der Waals surface area (Å²) < 4.78 is 38.5. The molecule has 7 heteroatoms. The van der Waals surface area contributed by atoms with Gasteiger partial charge in [-0.2, -0.15) is 0 Å². The summed E-state index contributed by atoms with van der Waals surface area (Å²) in [5, 5.41) is 10.4. The molecule has 2 unspecified atom stereocenters. The lowest BCUT2D eigenvalue weighted by molar-refractivity contribution is -0.0767. The van der Waals surface area contributed by atoms with Gasteiger partial charge in [-0.05, 0) is 96.8 Å². The molecule has 7 nitrogen and oxygen atoms in total. The van der Waals surface area contributed by atoms with Gasteiger partial charge in [-0.25, -0.2) is 0 Å². The molecular formula is C49H66O7. The van der Waals surface area contributed by atoms with Gasteiger partial charge in [-0.3, -0.25) is 0 Å². The first-order chi connectivity index (χ1) is 27.2. The highest BCUT2D eigenvalue weighted by atomic mass is 16.6. The maximum atomic E-state index is 10.4. The van der Waals surface area contributed by atoms with Crippen LogP contribution in [0.25, 0.3) is 0 Å². The van der Waals surface area contributed by atoms with Gasteiger partial charge in [-0.1, -0.05) is 113 Å². The summed E-state index contributed by atoms with van der Waals surface area (Å²) in [4.78, 5) is 0. The fourth-order valence-electron chi connectivity index (χ4n) is 9.30. The molecule has 304 valence electrons. The van der Waals surface area contributed by atoms with Gasteiger partial charge in [-0.15, -0.1) is 0 Å². The van der Waals surface area contributed by atoms with Crippen molar-refractivity contribution in [2.24, 2.45) is 17.8 Å². The quantitative estimate of drug-likeness (QED) is 0.0740. The minimum absolute atomic E-state index is 0.0176. The molecule has 3 aliphatic rings. The Morgan fingerprint density at radius 1 is 0.804 bits per heavy atom. The van der Waals surface area contributed by atoms with E-state index in [1.165, 1.54) is 5.57 Å². The zero-order valence-electron chi connectivity index (χ0n) is 34.4. The molecule has 0 amide bonds. The highest BCUT2D eigenvalue weighted by Gasteiger charge is 2.47. The van der Waals surface area contributed by atoms with Crippen LogP contribution in [0.3, 0.4) is 0 Å². The zero-order valence-corrected chi connectivity index (χ0v) is 34.4. The van der Waals surface area contributed by atoms with Gasteiger partial charge in [0, 0.05) is 26.1 Å². The monoisotopic (exact) mass is 766 g/mol. The molecule has 0 saturated carbocycles. The second-order valence-electron chi connectivity index (χ2n) is 16.5. The molecule has 1 N–H and O–H groups in total. The molecule has 0 aromatic heterocycles. The van der Waals surface area contributed by atoms with E-state index in [-0.39, 0.29) is 55.3 Å². The summed E-state index contributed by atoms with van der Waals surface area (Å²) in [7, 11) is 3.43. The van der Waals surface area contributed by atoms with Gasteiger partial charge in [0.25, 0.3) is 0 Å². The van der Waals surface area contributed by atoms with Crippen LogP contribution in [-0.2, 0) is 29.3 Å². The summed E-state index contributed by atoms with van der Waals surface area (Å²) in [5.41, 5.74) is 4.74. The summed E-state index contributed by atoms with van der Waals surface area (Å²) >= 11 is 0. The Balaban J connectivity index is 1.04. The number of hydrogen-bond donors (Lipinski definition) is 1. The van der Waals surface area contributed by atoms with Gasteiger partial charge < -0.3 is 33.5 Å². The fourth-order valence-corrected chi connectivity index (χ4v) is 9.30. The Kier molecular flexibility index (Phi) is 15.0. The van der Waals surface area contributed by atoms with Crippen molar-refractivity contribution in [3.63, 3.8) is 0 Å². The molecule has 3 aliphatic heterocycles. The van der Waals surface area contributed by atoms with E-state index < -0.39 is 5.60 Å². The van der Waals surface area contributed by atoms with Crippen LogP contribution in [0.2, 0.25) is 0 Å². The zero-order chi connectivity index (χ0) is 39.7. The average Bonchev–Trinajstić information content (AvgIpc) is 3.76. The molecule has 6 rings (SSSR count). The summed E-state index contributed by atoms with van der Waals surface area (Å²) in [6, 6.07) is 29.2. The topological polar surface area (TPSA) is 75.6 Å². The number of methoxy groups -OCH3 is 2. The van der Waals surface area contributed by atoms with Crippen molar-refractivity contribution in [2.75, 3.05) is 27.4 Å². The van der Waals surface area contributed by atoms with Crippen molar-refractivity contribution in [1.82, 2.24) is 0 Å². The van der Waals surface area contributed by atoms with Gasteiger partial charge in [0.15, 0.2) is 0 Å². The van der Waals surface area contributed by atoms with E-state index >= 15 is 0 Å². The van der Waals surface area contributed by atoms with E-state index in [2.05, 4.69) is 94.6 Å². The van der Waals surface area contributed by atoms with Crippen molar-refractivity contribution in [2.45, 2.75) is 127 Å². The van der Waals surface area contributed by atoms with Crippen LogP contribution >= 0.6 is 0 Å². The van der Waals surface area contributed by atoms with Crippen molar-refractivity contribution in [3.05, 3.63) is 126 Å². The van der Waals surface area contributed by atoms with Crippen LogP contribution in [0.4, 0.5) is 0 Å². The molecule has 0 radical (unpaired) electrons. The minimum atomic E-state index is -0.776. The molecule has 3 aromatic carbocycles. The molecule has 56 heavy (non-hydrogen) atoms. The van der Waals surface area contributed by atoms with Crippen molar-refractivity contribution in [1.29, 1.82) is 0 Å². The van der Waals surface area contributed by atoms with Crippen LogP contribution in [-0.4, -0.2) is 75.3 Å². The van der Waals surface area contributed by atoms with Gasteiger partial charge in [0.2, 0.25) is 0 Å². The van der Waals surface area contributed by atoms with E-state index in [1.807, 2.05) is 24.3 Å². The third-order valence-electron chi connectivity index (χ3n) is 12.8. The molecule has 10 atom stereocenters. The highest BCUT2D eigenvalue weighted by Crippen LogP contribution is 2.43. The SMILES string of the molecule is C=C1C[C@H](CCCOC(c2ccccc2)(c2ccccc2)c2ccc(OC)cc2)OC1CC[C@H]1C[C@@H](C)C(=C)C(C[C@@H]2O[C@H](C[C@H](C)CC)[C@H](OC)[C@H]2CO)O1. The maximum Gasteiger partial charge on any atom is 0.143 e. The Hall–Kier alpha value is -3.30. The van der Waals surface area contributed by atoms with Gasteiger partial charge in [0.1, 0.15) is 11.4 Å². The van der Waals surface area contributed by atoms with Crippen LogP contribution < -0.4 is 4.74 Å². The predicted octanol–water partition coefficient (Wildman–Crippen LogP) is 9.84. The smallest absolute Gasteiger partial charge is 0.143 e. The lowest BCUT2D eigenvalue weighted by Gasteiger charge is -2.38. The lowest BCUT2D eigenvalue weighted by atomic mass is 9.80. The van der Waals surface area contributed by atoms with Crippen LogP contribution in [0.5, 0.6) is 5.75 Å². The first-order valence-corrected chi connectivity index (χ1v) is 21.1. The third-order valence-corrected chi connectivity index (χ3v) is 12.8. The first kappa shape index (κ1) is 42.3. The fraction of sp³-hybridized carbons (Fsp3) is 0.551. The summed E-state index contributed by atoms with van der Waals surface area (Å²) in [5.74, 6) is 1.62. The molecular weight excluding hydrogens is 701 g/mol. The third kappa shape index (κ3) is 9.69. The normalized spacial score (nSPS) is 28.8. The molecule has 0 aliphatic carbocycles. The second kappa shape index (κ2) is 19.9. The lowest BCUT2D eigenvalue weighted by Crippen LogP contribution is -2.39. The summed E-state index contributed by atoms with van der Waals surface area (Å²) in [6.07, 6.45) is 7.93. The Bertz CT molecular complexity index is 1620. The van der Waals surface area contributed by atoms with Crippen LogP contribution in [0.1, 0.15) is 95.2 Å². The molecule has 0 spiro atoms. The van der Waals surface area contributed by atoms with E-state index in [9.17, 15) is 5.11 Å². The summed E-state index contributed by atoms with van der Waals surface area (Å²) in [6.45, 7) is 16.2.